The molecule has 1 aromatic heterocycles. The highest BCUT2D eigenvalue weighted by Crippen LogP contribution is 2.37. The Hall–Kier alpha value is -2.30. The van der Waals surface area contributed by atoms with Gasteiger partial charge in [0.05, 0.1) is 0 Å². The second-order valence-corrected chi connectivity index (χ2v) is 6.21. The molecule has 5 heteroatoms. The van der Waals surface area contributed by atoms with Crippen molar-refractivity contribution in [2.24, 2.45) is 0 Å². The van der Waals surface area contributed by atoms with Crippen LogP contribution in [0.25, 0.3) is 6.08 Å². The molecule has 0 radical (unpaired) electrons. The molecule has 2 aliphatic rings. The van der Waals surface area contributed by atoms with Crippen molar-refractivity contribution in [1.29, 1.82) is 0 Å². The van der Waals surface area contributed by atoms with Crippen molar-refractivity contribution in [3.05, 3.63) is 41.8 Å². The van der Waals surface area contributed by atoms with E-state index in [0.29, 0.717) is 11.9 Å². The van der Waals surface area contributed by atoms with Crippen molar-refractivity contribution in [3.8, 4) is 5.75 Å². The summed E-state index contributed by atoms with van der Waals surface area (Å²) in [6, 6.07) is 8.85. The van der Waals surface area contributed by atoms with E-state index >= 15 is 0 Å². The van der Waals surface area contributed by atoms with Crippen LogP contribution in [0, 0.1) is 0 Å². The van der Waals surface area contributed by atoms with Gasteiger partial charge in [-0.1, -0.05) is 36.3 Å². The van der Waals surface area contributed by atoms with Gasteiger partial charge in [0.2, 0.25) is 5.89 Å². The third kappa shape index (κ3) is 2.71. The van der Waals surface area contributed by atoms with E-state index in [-0.39, 0.29) is 5.60 Å². The molecular weight excluding hydrogens is 290 g/mol. The molecule has 1 saturated heterocycles. The fraction of sp³-hybridized carbons (Fsp3) is 0.444. The number of aryl methyl sites for hydroxylation is 1. The van der Waals surface area contributed by atoms with Crippen LogP contribution >= 0.6 is 0 Å². The minimum Gasteiger partial charge on any atom is -0.483 e. The zero-order chi connectivity index (χ0) is 15.7. The number of aromatic nitrogens is 2. The molecule has 0 bridgehead atoms. The molecule has 23 heavy (non-hydrogen) atoms. The molecule has 0 N–H and O–H groups in total. The highest BCUT2D eigenvalue weighted by molar-refractivity contribution is 5.61. The van der Waals surface area contributed by atoms with Gasteiger partial charge in [-0.15, -0.1) is 5.10 Å². The first-order chi connectivity index (χ1) is 11.3. The Morgan fingerprint density at radius 2 is 2.09 bits per heavy atom. The Balaban J connectivity index is 1.52. The number of anilines is 1. The molecule has 0 saturated carbocycles. The fourth-order valence-corrected chi connectivity index (χ4v) is 3.31. The molecule has 1 unspecified atom stereocenters. The van der Waals surface area contributed by atoms with Gasteiger partial charge in [-0.3, -0.25) is 0 Å². The third-order valence-corrected chi connectivity index (χ3v) is 4.66. The van der Waals surface area contributed by atoms with Gasteiger partial charge in [0, 0.05) is 31.5 Å². The van der Waals surface area contributed by atoms with Crippen LogP contribution in [0.3, 0.4) is 0 Å². The highest BCUT2D eigenvalue weighted by Gasteiger charge is 2.35. The van der Waals surface area contributed by atoms with Gasteiger partial charge in [0.25, 0.3) is 0 Å². The molecule has 1 fully saturated rings. The first-order valence-electron chi connectivity index (χ1n) is 8.33. The fourth-order valence-electron chi connectivity index (χ4n) is 3.31. The summed E-state index contributed by atoms with van der Waals surface area (Å²) in [4.78, 5) is 2.18. The van der Waals surface area contributed by atoms with Crippen molar-refractivity contribution in [2.45, 2.75) is 38.2 Å². The number of hydrogen-bond donors (Lipinski definition) is 0. The number of ether oxygens (including phenoxy) is 1. The van der Waals surface area contributed by atoms with E-state index in [0.717, 1.165) is 50.1 Å². The van der Waals surface area contributed by atoms with Crippen LogP contribution in [0.5, 0.6) is 5.75 Å². The zero-order valence-electron chi connectivity index (χ0n) is 13.4. The Morgan fingerprint density at radius 3 is 2.96 bits per heavy atom. The summed E-state index contributed by atoms with van der Waals surface area (Å²) in [5, 5.41) is 8.24. The Bertz CT molecular complexity index is 725. The molecule has 0 amide bonds. The third-order valence-electron chi connectivity index (χ3n) is 4.66. The maximum atomic E-state index is 6.37. The van der Waals surface area contributed by atoms with E-state index in [1.54, 1.807) is 0 Å². The lowest BCUT2D eigenvalue weighted by Gasteiger charge is -2.34. The van der Waals surface area contributed by atoms with Crippen molar-refractivity contribution >= 4 is 12.1 Å². The SMILES string of the molecule is CCc1nnc(N2CCCC3(C=Cc4ccccc4O3)CC2)o1. The number of rotatable bonds is 2. The molecule has 120 valence electrons. The average molecular weight is 311 g/mol. The average Bonchev–Trinajstić information content (AvgIpc) is 2.98. The molecule has 3 heterocycles. The van der Waals surface area contributed by atoms with E-state index in [1.165, 1.54) is 0 Å². The minimum absolute atomic E-state index is 0.212. The molecule has 1 aromatic carbocycles. The minimum atomic E-state index is -0.212. The first kappa shape index (κ1) is 14.3. The molecule has 0 aliphatic carbocycles. The van der Waals surface area contributed by atoms with Crippen LogP contribution < -0.4 is 9.64 Å². The molecule has 1 spiro atoms. The number of fused-ring (bicyclic) bond motifs is 1. The van der Waals surface area contributed by atoms with Crippen molar-refractivity contribution in [2.75, 3.05) is 18.0 Å². The summed E-state index contributed by atoms with van der Waals surface area (Å²) >= 11 is 0. The Labute approximate surface area is 136 Å². The van der Waals surface area contributed by atoms with Crippen LogP contribution in [-0.2, 0) is 6.42 Å². The second-order valence-electron chi connectivity index (χ2n) is 6.21. The molecule has 2 aliphatic heterocycles. The predicted molar refractivity (Wildman–Crippen MR) is 88.6 cm³/mol. The second kappa shape index (κ2) is 5.72. The molecule has 5 nitrogen and oxygen atoms in total. The molecular formula is C18H21N3O2. The number of para-hydroxylation sites is 1. The van der Waals surface area contributed by atoms with Gasteiger partial charge >= 0.3 is 6.01 Å². The first-order valence-corrected chi connectivity index (χ1v) is 8.33. The lowest BCUT2D eigenvalue weighted by molar-refractivity contribution is 0.104. The number of hydrogen-bond acceptors (Lipinski definition) is 5. The standard InChI is InChI=1S/C18H21N3O2/c1-2-16-19-20-17(22-16)21-12-5-9-18(11-13-21)10-8-14-6-3-4-7-15(14)23-18/h3-4,6-8,10H,2,5,9,11-13H2,1H3. The molecule has 1 atom stereocenters. The maximum Gasteiger partial charge on any atom is 0.318 e. The number of benzene rings is 1. The zero-order valence-corrected chi connectivity index (χ0v) is 13.4. The number of nitrogens with zero attached hydrogens (tertiary/aromatic N) is 3. The van der Waals surface area contributed by atoms with Gasteiger partial charge < -0.3 is 14.1 Å². The normalized spacial score (nSPS) is 23.4. The predicted octanol–water partition coefficient (Wildman–Crippen LogP) is 3.47. The summed E-state index contributed by atoms with van der Waals surface area (Å²) in [6.07, 6.45) is 8.15. The van der Waals surface area contributed by atoms with Crippen LogP contribution in [0.1, 0.15) is 37.6 Å². The van der Waals surface area contributed by atoms with Crippen LogP contribution in [0.15, 0.2) is 34.8 Å². The van der Waals surface area contributed by atoms with Crippen molar-refractivity contribution in [1.82, 2.24) is 10.2 Å². The Morgan fingerprint density at radius 1 is 1.17 bits per heavy atom. The van der Waals surface area contributed by atoms with Crippen LogP contribution in [-0.4, -0.2) is 28.9 Å². The monoisotopic (exact) mass is 311 g/mol. The summed E-state index contributed by atoms with van der Waals surface area (Å²) < 4.78 is 12.1. The molecule has 2 aromatic rings. The van der Waals surface area contributed by atoms with Gasteiger partial charge in [0.1, 0.15) is 11.4 Å². The van der Waals surface area contributed by atoms with E-state index in [2.05, 4.69) is 39.4 Å². The lowest BCUT2D eigenvalue weighted by Crippen LogP contribution is -2.37. The van der Waals surface area contributed by atoms with Gasteiger partial charge in [-0.05, 0) is 25.0 Å². The van der Waals surface area contributed by atoms with E-state index in [4.69, 9.17) is 9.15 Å². The van der Waals surface area contributed by atoms with Gasteiger partial charge in [-0.25, -0.2) is 0 Å². The van der Waals surface area contributed by atoms with Crippen molar-refractivity contribution in [3.63, 3.8) is 0 Å². The maximum absolute atomic E-state index is 6.37. The lowest BCUT2D eigenvalue weighted by atomic mass is 9.91. The Kier molecular flexibility index (Phi) is 3.56. The quantitative estimate of drug-likeness (QED) is 0.850. The summed E-state index contributed by atoms with van der Waals surface area (Å²) in [5.74, 6) is 1.68. The van der Waals surface area contributed by atoms with E-state index in [1.807, 2.05) is 19.1 Å². The van der Waals surface area contributed by atoms with E-state index < -0.39 is 0 Å². The summed E-state index contributed by atoms with van der Waals surface area (Å²) in [7, 11) is 0. The van der Waals surface area contributed by atoms with Gasteiger partial charge in [-0.2, -0.15) is 0 Å². The summed E-state index contributed by atoms with van der Waals surface area (Å²) in [6.45, 7) is 3.80. The van der Waals surface area contributed by atoms with Gasteiger partial charge in [0.15, 0.2) is 0 Å². The smallest absolute Gasteiger partial charge is 0.318 e. The highest BCUT2D eigenvalue weighted by atomic mass is 16.5. The van der Waals surface area contributed by atoms with E-state index in [9.17, 15) is 0 Å². The largest absolute Gasteiger partial charge is 0.483 e. The van der Waals surface area contributed by atoms with Crippen LogP contribution in [0.2, 0.25) is 0 Å². The molecule has 4 rings (SSSR count). The topological polar surface area (TPSA) is 51.4 Å². The van der Waals surface area contributed by atoms with Crippen molar-refractivity contribution < 1.29 is 9.15 Å². The van der Waals surface area contributed by atoms with Crippen LogP contribution in [0.4, 0.5) is 6.01 Å². The summed E-state index contributed by atoms with van der Waals surface area (Å²) in [5.41, 5.74) is 0.945.